The number of phenols is 1. The summed E-state index contributed by atoms with van der Waals surface area (Å²) in [5.41, 5.74) is 1.26. The lowest BCUT2D eigenvalue weighted by Gasteiger charge is -2.23. The van der Waals surface area contributed by atoms with Crippen molar-refractivity contribution in [2.24, 2.45) is 0 Å². The molecule has 29 heavy (non-hydrogen) atoms. The molecule has 1 unspecified atom stereocenters. The topological polar surface area (TPSA) is 62.2 Å². The molecule has 0 saturated carbocycles. The van der Waals surface area contributed by atoms with Crippen LogP contribution in [0.25, 0.3) is 0 Å². The van der Waals surface area contributed by atoms with Gasteiger partial charge in [0, 0.05) is 13.1 Å². The second kappa shape index (κ2) is 10.5. The first-order valence-electron chi connectivity index (χ1n) is 9.77. The van der Waals surface area contributed by atoms with E-state index in [1.807, 2.05) is 54.6 Å². The number of rotatable bonds is 8. The van der Waals surface area contributed by atoms with Crippen molar-refractivity contribution >= 4 is 0 Å². The van der Waals surface area contributed by atoms with Gasteiger partial charge in [-0.3, -0.25) is 4.90 Å². The molecule has 1 atom stereocenters. The van der Waals surface area contributed by atoms with Gasteiger partial charge in [0.2, 0.25) is 5.75 Å². The third-order valence-electron chi connectivity index (χ3n) is 4.53. The van der Waals surface area contributed by atoms with Gasteiger partial charge in [0.1, 0.15) is 18.5 Å². The summed E-state index contributed by atoms with van der Waals surface area (Å²) in [6.45, 7) is 4.78. The molecule has 2 N–H and O–H groups in total. The summed E-state index contributed by atoms with van der Waals surface area (Å²) in [4.78, 5) is 2.22. The fourth-order valence-corrected chi connectivity index (χ4v) is 2.95. The SMILES string of the molecule is CCN(Cc1ccccc1)CC(O)COc1ccccc1.Oc1c2cccc1O2. The Kier molecular flexibility index (Phi) is 7.50. The minimum absolute atomic E-state index is 0.285. The number of para-hydroxylation sites is 2. The van der Waals surface area contributed by atoms with E-state index in [4.69, 9.17) is 14.6 Å². The van der Waals surface area contributed by atoms with E-state index in [2.05, 4.69) is 24.0 Å². The molecular weight excluding hydrogens is 366 g/mol. The second-order valence-electron chi connectivity index (χ2n) is 6.80. The van der Waals surface area contributed by atoms with Crippen LogP contribution in [0.1, 0.15) is 12.5 Å². The van der Waals surface area contributed by atoms with Gasteiger partial charge in [0.15, 0.2) is 11.5 Å². The molecule has 2 aliphatic heterocycles. The number of nitrogens with zero attached hydrogens (tertiary/aromatic N) is 1. The monoisotopic (exact) mass is 393 g/mol. The zero-order chi connectivity index (χ0) is 20.5. The maximum atomic E-state index is 10.1. The smallest absolute Gasteiger partial charge is 0.202 e. The Morgan fingerprint density at radius 1 is 0.897 bits per heavy atom. The molecule has 0 aliphatic carbocycles. The van der Waals surface area contributed by atoms with E-state index < -0.39 is 6.10 Å². The summed E-state index contributed by atoms with van der Waals surface area (Å²) in [5.74, 6) is 2.25. The van der Waals surface area contributed by atoms with Crippen molar-refractivity contribution in [3.05, 3.63) is 84.4 Å². The lowest BCUT2D eigenvalue weighted by molar-refractivity contribution is 0.0675. The Hall–Kier alpha value is -3.02. The van der Waals surface area contributed by atoms with Gasteiger partial charge in [0.05, 0.1) is 0 Å². The molecule has 2 aliphatic rings. The van der Waals surface area contributed by atoms with Crippen molar-refractivity contribution in [3.63, 3.8) is 0 Å². The van der Waals surface area contributed by atoms with Gasteiger partial charge in [-0.25, -0.2) is 0 Å². The van der Waals surface area contributed by atoms with Gasteiger partial charge in [-0.05, 0) is 36.4 Å². The van der Waals surface area contributed by atoms with Gasteiger partial charge in [0.25, 0.3) is 0 Å². The molecule has 0 aromatic heterocycles. The highest BCUT2D eigenvalue weighted by atomic mass is 16.5. The number of aliphatic hydroxyl groups is 1. The number of hydrogen-bond acceptors (Lipinski definition) is 5. The molecular formula is C24H27NO4. The summed E-state index contributed by atoms with van der Waals surface area (Å²) in [6, 6.07) is 25.2. The quantitative estimate of drug-likeness (QED) is 0.463. The van der Waals surface area contributed by atoms with E-state index in [0.29, 0.717) is 24.7 Å². The third-order valence-corrected chi connectivity index (χ3v) is 4.53. The molecule has 0 spiro atoms. The Morgan fingerprint density at radius 2 is 1.52 bits per heavy atom. The highest BCUT2D eigenvalue weighted by Crippen LogP contribution is 2.47. The van der Waals surface area contributed by atoms with E-state index in [1.54, 1.807) is 12.1 Å². The second-order valence-corrected chi connectivity index (χ2v) is 6.80. The van der Waals surface area contributed by atoms with E-state index in [1.165, 1.54) is 5.56 Å². The molecule has 152 valence electrons. The van der Waals surface area contributed by atoms with Crippen LogP contribution in [0.2, 0.25) is 0 Å². The standard InChI is InChI=1S/C18H23NO2.C6H4O2/c1-2-19(13-16-9-5-3-6-10-16)14-17(20)15-21-18-11-7-4-8-12-18;7-6-4-2-1-3-5(6)8-4/h3-12,17,20H,2,13-15H2,1H3;1-3,7H. The van der Waals surface area contributed by atoms with Crippen molar-refractivity contribution in [2.75, 3.05) is 19.7 Å². The molecule has 3 aromatic rings. The van der Waals surface area contributed by atoms with Gasteiger partial charge in [-0.2, -0.15) is 0 Å². The van der Waals surface area contributed by atoms with Gasteiger partial charge < -0.3 is 19.7 Å². The fraction of sp³-hybridized carbons (Fsp3) is 0.250. The molecule has 0 fully saturated rings. The summed E-state index contributed by atoms with van der Waals surface area (Å²) >= 11 is 0. The molecule has 2 heterocycles. The molecule has 0 radical (unpaired) electrons. The third kappa shape index (κ3) is 6.24. The fourth-order valence-electron chi connectivity index (χ4n) is 2.95. The Morgan fingerprint density at radius 3 is 2.03 bits per heavy atom. The van der Waals surface area contributed by atoms with Gasteiger partial charge >= 0.3 is 0 Å². The van der Waals surface area contributed by atoms with Crippen molar-refractivity contribution in [1.29, 1.82) is 0 Å². The molecule has 5 heteroatoms. The highest BCUT2D eigenvalue weighted by Gasteiger charge is 2.19. The largest absolute Gasteiger partial charge is 0.502 e. The average molecular weight is 393 g/mol. The van der Waals surface area contributed by atoms with Crippen LogP contribution in [0.5, 0.6) is 23.0 Å². The molecule has 5 rings (SSSR count). The molecule has 3 aromatic carbocycles. The molecule has 5 nitrogen and oxygen atoms in total. The van der Waals surface area contributed by atoms with Crippen LogP contribution >= 0.6 is 0 Å². The van der Waals surface area contributed by atoms with Crippen molar-refractivity contribution in [1.82, 2.24) is 4.90 Å². The van der Waals surface area contributed by atoms with Gasteiger partial charge in [-0.1, -0.05) is 61.5 Å². The van der Waals surface area contributed by atoms with Crippen molar-refractivity contribution in [3.8, 4) is 23.0 Å². The van der Waals surface area contributed by atoms with Crippen LogP contribution in [0.15, 0.2) is 78.9 Å². The summed E-state index contributed by atoms with van der Waals surface area (Å²) in [7, 11) is 0. The molecule has 0 saturated heterocycles. The predicted octanol–water partition coefficient (Wildman–Crippen LogP) is 4.45. The van der Waals surface area contributed by atoms with Crippen molar-refractivity contribution in [2.45, 2.75) is 19.6 Å². The van der Waals surface area contributed by atoms with Crippen molar-refractivity contribution < 1.29 is 19.7 Å². The Labute approximate surface area is 171 Å². The lowest BCUT2D eigenvalue weighted by Crippen LogP contribution is -2.35. The summed E-state index contributed by atoms with van der Waals surface area (Å²) in [6.07, 6.45) is -0.492. The van der Waals surface area contributed by atoms with E-state index in [0.717, 1.165) is 18.8 Å². The summed E-state index contributed by atoms with van der Waals surface area (Å²) < 4.78 is 10.5. The highest BCUT2D eigenvalue weighted by molar-refractivity contribution is 5.59. The normalized spacial score (nSPS) is 12.2. The Balaban J connectivity index is 0.000000246. The number of likely N-dealkylation sites (N-methyl/N-ethyl adjacent to an activating group) is 1. The van der Waals surface area contributed by atoms with E-state index in [-0.39, 0.29) is 5.75 Å². The van der Waals surface area contributed by atoms with Crippen LogP contribution in [-0.2, 0) is 6.54 Å². The zero-order valence-electron chi connectivity index (χ0n) is 16.6. The number of hydrogen-bond donors (Lipinski definition) is 2. The number of benzene rings is 3. The number of phenolic OH excluding ortho intramolecular Hbond substituents is 1. The number of ether oxygens (including phenoxy) is 2. The first-order chi connectivity index (χ1) is 14.2. The van der Waals surface area contributed by atoms with Crippen LogP contribution < -0.4 is 9.47 Å². The van der Waals surface area contributed by atoms with Gasteiger partial charge in [-0.15, -0.1) is 0 Å². The van der Waals surface area contributed by atoms with Crippen LogP contribution in [0, 0.1) is 0 Å². The number of aromatic hydroxyl groups is 1. The van der Waals surface area contributed by atoms with Crippen LogP contribution in [-0.4, -0.2) is 40.9 Å². The lowest BCUT2D eigenvalue weighted by atomic mass is 10.2. The number of fused-ring (bicyclic) bond motifs is 2. The average Bonchev–Trinajstić information content (AvgIpc) is 2.79. The minimum Gasteiger partial charge on any atom is -0.502 e. The number of aliphatic hydroxyl groups excluding tert-OH is 1. The Bertz CT molecular complexity index is 850. The van der Waals surface area contributed by atoms with E-state index >= 15 is 0 Å². The first kappa shape index (κ1) is 20.7. The molecule has 0 amide bonds. The molecule has 2 bridgehead atoms. The summed E-state index contributed by atoms with van der Waals surface area (Å²) in [5, 5.41) is 19.0. The van der Waals surface area contributed by atoms with Crippen LogP contribution in [0.3, 0.4) is 0 Å². The first-order valence-corrected chi connectivity index (χ1v) is 9.77. The maximum Gasteiger partial charge on any atom is 0.202 e. The van der Waals surface area contributed by atoms with Crippen LogP contribution in [0.4, 0.5) is 0 Å². The predicted molar refractivity (Wildman–Crippen MR) is 114 cm³/mol. The minimum atomic E-state index is -0.492. The maximum absolute atomic E-state index is 10.1. The zero-order valence-corrected chi connectivity index (χ0v) is 16.6. The van der Waals surface area contributed by atoms with E-state index in [9.17, 15) is 5.11 Å².